The summed E-state index contributed by atoms with van der Waals surface area (Å²) in [6.45, 7) is 4.69. The second kappa shape index (κ2) is 10.0. The summed E-state index contributed by atoms with van der Waals surface area (Å²) in [5.41, 5.74) is 1.73. The van der Waals surface area contributed by atoms with E-state index in [0.717, 1.165) is 37.3 Å². The number of amides is 2. The van der Waals surface area contributed by atoms with Crippen LogP contribution in [0.2, 0.25) is 0 Å². The third-order valence-corrected chi connectivity index (χ3v) is 6.67. The number of nitro groups is 1. The maximum atomic E-state index is 13.6. The summed E-state index contributed by atoms with van der Waals surface area (Å²) in [5, 5.41) is 14.3. The number of carbonyl (C=O) groups excluding carboxylic acids is 2. The molecule has 8 heteroatoms. The highest BCUT2D eigenvalue weighted by molar-refractivity contribution is 6.01. The SMILES string of the molecule is CC1CCN(c2ccc([N+](=O)[O-])cc2C(=O)N2CCC[C@H](C(=O)Nc3ccccc3)C2)CC1. The summed E-state index contributed by atoms with van der Waals surface area (Å²) < 4.78 is 0. The minimum atomic E-state index is -0.467. The highest BCUT2D eigenvalue weighted by atomic mass is 16.6. The highest BCUT2D eigenvalue weighted by Gasteiger charge is 2.32. The molecule has 174 valence electrons. The molecular weight excluding hydrogens is 420 g/mol. The Morgan fingerprint density at radius 1 is 1.03 bits per heavy atom. The summed E-state index contributed by atoms with van der Waals surface area (Å²) >= 11 is 0. The molecule has 4 rings (SSSR count). The number of benzene rings is 2. The standard InChI is InChI=1S/C25H30N4O4/c1-18-11-14-27(15-12-18)23-10-9-21(29(32)33)16-22(23)25(31)28-13-5-6-19(17-28)24(30)26-20-7-3-2-4-8-20/h2-4,7-10,16,18-19H,5-6,11-15,17H2,1H3,(H,26,30)/t19-/m0/s1. The predicted molar refractivity (Wildman–Crippen MR) is 127 cm³/mol. The van der Waals surface area contributed by atoms with Gasteiger partial charge < -0.3 is 15.1 Å². The maximum Gasteiger partial charge on any atom is 0.270 e. The Balaban J connectivity index is 1.54. The quantitative estimate of drug-likeness (QED) is 0.541. The molecule has 0 unspecified atom stereocenters. The molecule has 0 bridgehead atoms. The number of nitrogens with one attached hydrogen (secondary N) is 1. The lowest BCUT2D eigenvalue weighted by Gasteiger charge is -2.35. The second-order valence-electron chi connectivity index (χ2n) is 9.07. The Hall–Kier alpha value is -3.42. The van der Waals surface area contributed by atoms with Crippen LogP contribution in [0.4, 0.5) is 17.1 Å². The topological polar surface area (TPSA) is 95.8 Å². The van der Waals surface area contributed by atoms with Crippen LogP contribution in [-0.2, 0) is 4.79 Å². The summed E-state index contributed by atoms with van der Waals surface area (Å²) in [6.07, 6.45) is 3.46. The number of rotatable bonds is 5. The van der Waals surface area contributed by atoms with Gasteiger partial charge in [0.15, 0.2) is 0 Å². The minimum absolute atomic E-state index is 0.0946. The van der Waals surface area contributed by atoms with Crippen molar-refractivity contribution in [1.29, 1.82) is 0 Å². The van der Waals surface area contributed by atoms with Gasteiger partial charge in [-0.1, -0.05) is 25.1 Å². The summed E-state index contributed by atoms with van der Waals surface area (Å²) in [6, 6.07) is 13.8. The number of nitro benzene ring substituents is 1. The van der Waals surface area contributed by atoms with Crippen molar-refractivity contribution >= 4 is 28.9 Å². The first-order valence-electron chi connectivity index (χ1n) is 11.6. The molecule has 2 aliphatic heterocycles. The fourth-order valence-electron chi connectivity index (χ4n) is 4.65. The van der Waals surface area contributed by atoms with E-state index in [4.69, 9.17) is 0 Å². The van der Waals surface area contributed by atoms with Crippen molar-refractivity contribution in [2.45, 2.75) is 32.6 Å². The molecule has 0 aliphatic carbocycles. The van der Waals surface area contributed by atoms with E-state index in [2.05, 4.69) is 17.1 Å². The molecule has 2 heterocycles. The van der Waals surface area contributed by atoms with E-state index in [1.165, 1.54) is 12.1 Å². The number of likely N-dealkylation sites (tertiary alicyclic amines) is 1. The summed E-state index contributed by atoms with van der Waals surface area (Å²) in [7, 11) is 0. The van der Waals surface area contributed by atoms with Crippen LogP contribution in [0.5, 0.6) is 0 Å². The molecule has 33 heavy (non-hydrogen) atoms. The van der Waals surface area contributed by atoms with Crippen molar-refractivity contribution in [2.75, 3.05) is 36.4 Å². The van der Waals surface area contributed by atoms with Crippen LogP contribution < -0.4 is 10.2 Å². The molecule has 1 atom stereocenters. The van der Waals surface area contributed by atoms with Crippen molar-refractivity contribution < 1.29 is 14.5 Å². The van der Waals surface area contributed by atoms with E-state index in [9.17, 15) is 19.7 Å². The van der Waals surface area contributed by atoms with E-state index in [0.29, 0.717) is 37.4 Å². The fraction of sp³-hybridized carbons (Fsp3) is 0.440. The average molecular weight is 451 g/mol. The fourth-order valence-corrected chi connectivity index (χ4v) is 4.65. The van der Waals surface area contributed by atoms with Crippen molar-refractivity contribution in [2.24, 2.45) is 11.8 Å². The van der Waals surface area contributed by atoms with Gasteiger partial charge in [-0.3, -0.25) is 19.7 Å². The third-order valence-electron chi connectivity index (χ3n) is 6.67. The van der Waals surface area contributed by atoms with Crippen molar-refractivity contribution in [3.05, 3.63) is 64.2 Å². The highest BCUT2D eigenvalue weighted by Crippen LogP contribution is 2.31. The first kappa shape index (κ1) is 22.8. The molecule has 2 aliphatic rings. The van der Waals surface area contributed by atoms with Crippen molar-refractivity contribution in [1.82, 2.24) is 4.90 Å². The zero-order valence-electron chi connectivity index (χ0n) is 18.9. The molecule has 0 spiro atoms. The van der Waals surface area contributed by atoms with Crippen LogP contribution in [0.25, 0.3) is 0 Å². The zero-order valence-corrected chi connectivity index (χ0v) is 18.9. The van der Waals surface area contributed by atoms with E-state index in [1.54, 1.807) is 11.0 Å². The molecule has 2 fully saturated rings. The van der Waals surface area contributed by atoms with Gasteiger partial charge in [0.2, 0.25) is 5.91 Å². The summed E-state index contributed by atoms with van der Waals surface area (Å²) in [5.74, 6) is -0.0437. The molecule has 0 aromatic heterocycles. The smallest absolute Gasteiger partial charge is 0.270 e. The zero-order chi connectivity index (χ0) is 23.4. The van der Waals surface area contributed by atoms with E-state index in [1.807, 2.05) is 30.3 Å². The Morgan fingerprint density at radius 2 is 1.76 bits per heavy atom. The third kappa shape index (κ3) is 5.32. The Labute approximate surface area is 193 Å². The van der Waals surface area contributed by atoms with Crippen LogP contribution in [-0.4, -0.2) is 47.8 Å². The van der Waals surface area contributed by atoms with E-state index in [-0.39, 0.29) is 23.4 Å². The summed E-state index contributed by atoms with van der Waals surface area (Å²) in [4.78, 5) is 41.2. The lowest BCUT2D eigenvalue weighted by molar-refractivity contribution is -0.384. The molecule has 0 radical (unpaired) electrons. The van der Waals surface area contributed by atoms with Crippen LogP contribution >= 0.6 is 0 Å². The normalized spacial score (nSPS) is 19.2. The Kier molecular flexibility index (Phi) is 6.91. The lowest BCUT2D eigenvalue weighted by atomic mass is 9.95. The van der Waals surface area contributed by atoms with Gasteiger partial charge in [0, 0.05) is 44.0 Å². The molecule has 2 aromatic carbocycles. The number of para-hydroxylation sites is 1. The predicted octanol–water partition coefficient (Wildman–Crippen LogP) is 4.32. The average Bonchev–Trinajstić information content (AvgIpc) is 2.84. The largest absolute Gasteiger partial charge is 0.371 e. The molecule has 8 nitrogen and oxygen atoms in total. The van der Waals surface area contributed by atoms with Gasteiger partial charge >= 0.3 is 0 Å². The minimum Gasteiger partial charge on any atom is -0.371 e. The monoisotopic (exact) mass is 450 g/mol. The number of anilines is 2. The van der Waals surface area contributed by atoms with Crippen LogP contribution in [0.3, 0.4) is 0 Å². The molecule has 2 saturated heterocycles. The maximum absolute atomic E-state index is 13.6. The van der Waals surface area contributed by atoms with Gasteiger partial charge in [0.25, 0.3) is 11.6 Å². The molecule has 0 saturated carbocycles. The molecule has 2 aromatic rings. The lowest BCUT2D eigenvalue weighted by Crippen LogP contribution is -2.44. The van der Waals surface area contributed by atoms with Gasteiger partial charge in [-0.05, 0) is 49.8 Å². The Bertz CT molecular complexity index is 1020. The van der Waals surface area contributed by atoms with Crippen LogP contribution in [0.1, 0.15) is 43.0 Å². The number of piperidine rings is 2. The van der Waals surface area contributed by atoms with E-state index >= 15 is 0 Å². The van der Waals surface area contributed by atoms with Gasteiger partial charge in [-0.2, -0.15) is 0 Å². The number of hydrogen-bond acceptors (Lipinski definition) is 5. The number of carbonyl (C=O) groups is 2. The van der Waals surface area contributed by atoms with Crippen molar-refractivity contribution in [3.63, 3.8) is 0 Å². The van der Waals surface area contributed by atoms with Gasteiger partial charge in [0.1, 0.15) is 0 Å². The van der Waals surface area contributed by atoms with Crippen molar-refractivity contribution in [3.8, 4) is 0 Å². The first-order valence-corrected chi connectivity index (χ1v) is 11.6. The van der Waals surface area contributed by atoms with Gasteiger partial charge in [-0.25, -0.2) is 0 Å². The Morgan fingerprint density at radius 3 is 2.45 bits per heavy atom. The molecule has 2 amide bonds. The van der Waals surface area contributed by atoms with Gasteiger partial charge in [-0.15, -0.1) is 0 Å². The van der Waals surface area contributed by atoms with E-state index < -0.39 is 4.92 Å². The molecule has 1 N–H and O–H groups in total. The molecular formula is C25H30N4O4. The number of hydrogen-bond donors (Lipinski definition) is 1. The van der Waals surface area contributed by atoms with Gasteiger partial charge in [0.05, 0.1) is 22.1 Å². The number of nitrogens with zero attached hydrogens (tertiary/aromatic N) is 3. The second-order valence-corrected chi connectivity index (χ2v) is 9.07. The van der Waals surface area contributed by atoms with Crippen LogP contribution in [0, 0.1) is 22.0 Å². The van der Waals surface area contributed by atoms with Crippen LogP contribution in [0.15, 0.2) is 48.5 Å². The first-order chi connectivity index (χ1) is 15.9. The number of non-ortho nitro benzene ring substituents is 1.